The molecule has 4 aromatic rings. The van der Waals surface area contributed by atoms with Crippen LogP contribution in [0, 0.1) is 10.8 Å². The second-order valence-corrected chi connectivity index (χ2v) is 62.2. The van der Waals surface area contributed by atoms with Crippen molar-refractivity contribution in [3.63, 3.8) is 0 Å². The number of benzene rings is 4. The average Bonchev–Trinajstić information content (AvgIpc) is 3.59. The van der Waals surface area contributed by atoms with Gasteiger partial charge in [-0.3, -0.25) is 0 Å². The second-order valence-electron chi connectivity index (χ2n) is 19.7. The summed E-state index contributed by atoms with van der Waals surface area (Å²) in [6, 6.07) is 36.6. The van der Waals surface area contributed by atoms with E-state index >= 15 is 0 Å². The van der Waals surface area contributed by atoms with Crippen LogP contribution in [-0.2, 0) is 15.6 Å². The van der Waals surface area contributed by atoms with E-state index in [2.05, 4.69) is 136 Å². The van der Waals surface area contributed by atoms with Gasteiger partial charge in [0.2, 0.25) is 0 Å². The molecule has 0 bridgehead atoms. The number of rotatable bonds is 13. The number of hydrogen-bond acceptors (Lipinski definition) is 0. The van der Waals surface area contributed by atoms with Gasteiger partial charge in [0.05, 0.1) is 0 Å². The van der Waals surface area contributed by atoms with Crippen LogP contribution in [0.15, 0.2) is 108 Å². The van der Waals surface area contributed by atoms with Crippen molar-refractivity contribution in [3.8, 4) is 22.3 Å². The molecule has 0 N–H and O–H groups in total. The van der Waals surface area contributed by atoms with E-state index < -0.39 is 21.5 Å². The summed E-state index contributed by atoms with van der Waals surface area (Å²) >= 11 is -5.11. The predicted molar refractivity (Wildman–Crippen MR) is 255 cm³/mol. The molecule has 2 unspecified atom stereocenters. The van der Waals surface area contributed by atoms with E-state index in [4.69, 9.17) is 0 Å². The minimum absolute atomic E-state index is 0.114. The summed E-state index contributed by atoms with van der Waals surface area (Å²) in [5.41, 5.74) is 14.8. The summed E-state index contributed by atoms with van der Waals surface area (Å²) in [5.74, 6) is -1.74. The Kier molecular flexibility index (Phi) is 13.1. The van der Waals surface area contributed by atoms with Crippen LogP contribution < -0.4 is 0 Å². The molecule has 0 nitrogen and oxygen atoms in total. The number of halogens is 2. The SMILES string of the molecule is CCCC1(CC2=Cc3c(-c4ccccc4)cccc3[CH]2[Zr]([Cl])([Cl])([CH]2C(CC3(CCC)CCCCCC3)=Cc3c(-c4ccccc4)cccc32)[SiH](C)C)CCCCCC1. The Morgan fingerprint density at radius 3 is 1.24 bits per heavy atom. The van der Waals surface area contributed by atoms with Crippen LogP contribution in [-0.4, -0.2) is 5.92 Å². The zero-order valence-electron chi connectivity index (χ0n) is 36.1. The molecule has 2 saturated carbocycles. The molecule has 307 valence electrons. The fraction of sp³-hybridized carbons (Fsp3) is 0.481. The van der Waals surface area contributed by atoms with Gasteiger partial charge in [-0.05, 0) is 0 Å². The fourth-order valence-corrected chi connectivity index (χ4v) is 44.3. The monoisotopic (exact) mass is 905 g/mol. The molecule has 4 aromatic carbocycles. The Morgan fingerprint density at radius 2 is 0.897 bits per heavy atom. The van der Waals surface area contributed by atoms with Crippen LogP contribution in [0.1, 0.15) is 159 Å². The van der Waals surface area contributed by atoms with Gasteiger partial charge in [-0.2, -0.15) is 0 Å². The molecule has 0 saturated heterocycles. The second kappa shape index (κ2) is 17.8. The van der Waals surface area contributed by atoms with E-state index in [-0.39, 0.29) is 7.25 Å². The van der Waals surface area contributed by atoms with E-state index in [9.17, 15) is 17.0 Å². The van der Waals surface area contributed by atoms with Crippen molar-refractivity contribution >= 4 is 35.1 Å². The zero-order valence-corrected chi connectivity index (χ0v) is 41.2. The van der Waals surface area contributed by atoms with Crippen LogP contribution in [0.25, 0.3) is 34.4 Å². The molecule has 2 fully saturated rings. The predicted octanol–water partition coefficient (Wildman–Crippen LogP) is 17.6. The average molecular weight is 908 g/mol. The maximum absolute atomic E-state index is 9.28. The summed E-state index contributed by atoms with van der Waals surface area (Å²) in [6.07, 6.45) is 28.9. The Bertz CT molecular complexity index is 1950. The fourth-order valence-electron chi connectivity index (χ4n) is 13.0. The van der Waals surface area contributed by atoms with Gasteiger partial charge in [0.15, 0.2) is 0 Å². The molecular formula is C54H69Cl2SiZr. The third kappa shape index (κ3) is 7.98. The molecule has 2 atom stereocenters. The third-order valence-electron chi connectivity index (χ3n) is 15.7. The molecule has 4 aliphatic rings. The van der Waals surface area contributed by atoms with Gasteiger partial charge in [-0.1, -0.05) is 0 Å². The van der Waals surface area contributed by atoms with Gasteiger partial charge in [-0.25, -0.2) is 0 Å². The molecule has 4 aliphatic carbocycles. The van der Waals surface area contributed by atoms with Crippen molar-refractivity contribution < 1.29 is 15.6 Å². The summed E-state index contributed by atoms with van der Waals surface area (Å²) in [7, 11) is 18.6. The molecule has 0 radical (unpaired) electrons. The topological polar surface area (TPSA) is 0 Å². The van der Waals surface area contributed by atoms with Crippen molar-refractivity contribution in [2.75, 3.05) is 0 Å². The van der Waals surface area contributed by atoms with Gasteiger partial charge in [0.25, 0.3) is 0 Å². The van der Waals surface area contributed by atoms with Crippen molar-refractivity contribution in [2.24, 2.45) is 10.8 Å². The maximum atomic E-state index is 9.28. The Morgan fingerprint density at radius 1 is 0.517 bits per heavy atom. The molecule has 0 heterocycles. The number of fused-ring (bicyclic) bond motifs is 2. The van der Waals surface area contributed by atoms with Crippen molar-refractivity contribution in [3.05, 3.63) is 130 Å². The zero-order chi connectivity index (χ0) is 40.4. The Balaban J connectivity index is 1.37. The Labute approximate surface area is 361 Å². The van der Waals surface area contributed by atoms with E-state index in [1.165, 1.54) is 147 Å². The third-order valence-corrected chi connectivity index (χ3v) is 67.6. The van der Waals surface area contributed by atoms with E-state index in [1.807, 2.05) is 0 Å². The molecule has 0 amide bonds. The van der Waals surface area contributed by atoms with E-state index in [0.29, 0.717) is 10.8 Å². The summed E-state index contributed by atoms with van der Waals surface area (Å²) < 4.78 is 0.228. The van der Waals surface area contributed by atoms with Crippen LogP contribution in [0.2, 0.25) is 13.1 Å². The van der Waals surface area contributed by atoms with Crippen LogP contribution in [0.5, 0.6) is 0 Å². The Hall–Kier alpha value is -1.96. The van der Waals surface area contributed by atoms with Gasteiger partial charge >= 0.3 is 364 Å². The first kappa shape index (κ1) is 42.7. The number of hydrogen-bond donors (Lipinski definition) is 0. The van der Waals surface area contributed by atoms with E-state index in [0.717, 1.165) is 12.8 Å². The van der Waals surface area contributed by atoms with E-state index in [1.54, 1.807) is 11.1 Å². The quantitative estimate of drug-likeness (QED) is 0.0926. The summed E-state index contributed by atoms with van der Waals surface area (Å²) in [6.45, 7) is 9.97. The van der Waals surface area contributed by atoms with Crippen LogP contribution >= 0.6 is 17.0 Å². The van der Waals surface area contributed by atoms with Crippen molar-refractivity contribution in [2.45, 2.75) is 150 Å². The number of allylic oxidation sites excluding steroid dienone is 2. The molecule has 58 heavy (non-hydrogen) atoms. The summed E-state index contributed by atoms with van der Waals surface area (Å²) in [5, 5.41) is 0. The van der Waals surface area contributed by atoms with Gasteiger partial charge in [0, 0.05) is 0 Å². The first-order valence-corrected chi connectivity index (χ1v) is 39.8. The molecule has 0 aromatic heterocycles. The van der Waals surface area contributed by atoms with Crippen molar-refractivity contribution in [1.29, 1.82) is 0 Å². The minimum atomic E-state index is -5.11. The van der Waals surface area contributed by atoms with Crippen LogP contribution in [0.4, 0.5) is 0 Å². The molecule has 8 rings (SSSR count). The van der Waals surface area contributed by atoms with Crippen LogP contribution in [0.3, 0.4) is 0 Å². The molecule has 4 heteroatoms. The van der Waals surface area contributed by atoms with Gasteiger partial charge < -0.3 is 0 Å². The summed E-state index contributed by atoms with van der Waals surface area (Å²) in [4.78, 5) is 0. The van der Waals surface area contributed by atoms with Gasteiger partial charge in [-0.15, -0.1) is 0 Å². The standard InChI is InChI=1S/2C26H31.C2H7Si.2ClH.Zr/c2*1-2-15-26(16-8-3-4-9-17-26)20-21-18-23-13-10-14-24(25(23)19-21)22-11-6-5-7-12-22;1-3-2;;;/h2*5-7,10-14,18-19H,2-4,8-9,15-17,20H2,1H3;3H,1-2H3;2*1H;/q;;;;;+2/p-2. The van der Waals surface area contributed by atoms with Gasteiger partial charge in [0.1, 0.15) is 0 Å². The first-order valence-electron chi connectivity index (χ1n) is 23.5. The van der Waals surface area contributed by atoms with Crippen molar-refractivity contribution in [1.82, 2.24) is 0 Å². The first-order chi connectivity index (χ1) is 28.1. The molecular weight excluding hydrogens is 839 g/mol. The normalized spacial score (nSPS) is 22.2. The molecule has 0 aliphatic heterocycles. The molecule has 0 spiro atoms.